The SMILES string of the molecule is CC(C)(c1ccc(OCC(O)CO)cc1)c1ccc(OCC(O)COCC(O)CO)cc1. The first-order valence-electron chi connectivity index (χ1n) is 10.6. The monoisotopic (exact) mass is 450 g/mol. The van der Waals surface area contributed by atoms with Gasteiger partial charge in [-0.25, -0.2) is 0 Å². The number of ether oxygens (including phenoxy) is 3. The van der Waals surface area contributed by atoms with Crippen molar-refractivity contribution in [1.82, 2.24) is 0 Å². The molecule has 0 heterocycles. The third-order valence-corrected chi connectivity index (χ3v) is 5.08. The molecule has 0 aliphatic carbocycles. The Bertz CT molecular complexity index is 776. The Balaban J connectivity index is 1.89. The van der Waals surface area contributed by atoms with Crippen molar-refractivity contribution in [3.8, 4) is 11.5 Å². The molecule has 2 aromatic carbocycles. The summed E-state index contributed by atoms with van der Waals surface area (Å²) >= 11 is 0. The molecule has 0 amide bonds. The summed E-state index contributed by atoms with van der Waals surface area (Å²) in [4.78, 5) is 0. The number of aliphatic hydroxyl groups is 5. The number of benzene rings is 2. The van der Waals surface area contributed by atoms with Crippen LogP contribution in [0.15, 0.2) is 48.5 Å². The van der Waals surface area contributed by atoms with Crippen LogP contribution in [0.5, 0.6) is 11.5 Å². The molecule has 0 saturated heterocycles. The molecule has 3 unspecified atom stereocenters. The van der Waals surface area contributed by atoms with Gasteiger partial charge in [0.15, 0.2) is 0 Å². The molecule has 0 saturated carbocycles. The summed E-state index contributed by atoms with van der Waals surface area (Å²) in [6, 6.07) is 15.2. The standard InChI is InChI=1S/C24H34O8/c1-24(2,17-3-7-22(8-4-17)31-15-20(28)12-26)18-5-9-23(10-6-18)32-16-21(29)14-30-13-19(27)11-25/h3-10,19-21,25-29H,11-16H2,1-2H3. The Kier molecular flexibility index (Phi) is 10.4. The predicted octanol–water partition coefficient (Wildman–Crippen LogP) is 0.854. The van der Waals surface area contributed by atoms with Gasteiger partial charge < -0.3 is 39.7 Å². The summed E-state index contributed by atoms with van der Waals surface area (Å²) in [5, 5.41) is 46.1. The highest BCUT2D eigenvalue weighted by molar-refractivity contribution is 5.41. The van der Waals surface area contributed by atoms with E-state index in [-0.39, 0.29) is 45.1 Å². The predicted molar refractivity (Wildman–Crippen MR) is 119 cm³/mol. The number of rotatable bonds is 14. The van der Waals surface area contributed by atoms with Crippen LogP contribution in [0, 0.1) is 0 Å². The summed E-state index contributed by atoms with van der Waals surface area (Å²) in [5.74, 6) is 1.24. The maximum Gasteiger partial charge on any atom is 0.119 e. The van der Waals surface area contributed by atoms with E-state index in [1.165, 1.54) is 0 Å². The van der Waals surface area contributed by atoms with Crippen LogP contribution < -0.4 is 9.47 Å². The van der Waals surface area contributed by atoms with Gasteiger partial charge in [-0.15, -0.1) is 0 Å². The Morgan fingerprint density at radius 1 is 0.625 bits per heavy atom. The molecule has 0 aliphatic heterocycles. The van der Waals surface area contributed by atoms with Crippen LogP contribution in [0.4, 0.5) is 0 Å². The van der Waals surface area contributed by atoms with Crippen LogP contribution in [0.1, 0.15) is 25.0 Å². The highest BCUT2D eigenvalue weighted by atomic mass is 16.5. The number of aliphatic hydroxyl groups excluding tert-OH is 5. The van der Waals surface area contributed by atoms with Crippen LogP contribution in [0.3, 0.4) is 0 Å². The molecule has 178 valence electrons. The lowest BCUT2D eigenvalue weighted by molar-refractivity contribution is -0.0337. The highest BCUT2D eigenvalue weighted by Crippen LogP contribution is 2.33. The second-order valence-corrected chi connectivity index (χ2v) is 8.16. The van der Waals surface area contributed by atoms with Gasteiger partial charge in [0.05, 0.1) is 26.4 Å². The van der Waals surface area contributed by atoms with Gasteiger partial charge in [-0.05, 0) is 35.4 Å². The molecule has 0 aromatic heterocycles. The summed E-state index contributed by atoms with van der Waals surface area (Å²) in [6.45, 7) is 3.52. The molecule has 2 aromatic rings. The molecule has 5 N–H and O–H groups in total. The molecule has 3 atom stereocenters. The maximum absolute atomic E-state index is 9.90. The lowest BCUT2D eigenvalue weighted by Gasteiger charge is -2.26. The van der Waals surface area contributed by atoms with Gasteiger partial charge in [-0.2, -0.15) is 0 Å². The third kappa shape index (κ3) is 8.05. The minimum atomic E-state index is -0.957. The van der Waals surface area contributed by atoms with Gasteiger partial charge in [0.1, 0.15) is 43.0 Å². The van der Waals surface area contributed by atoms with Gasteiger partial charge in [0, 0.05) is 5.41 Å². The van der Waals surface area contributed by atoms with E-state index in [4.69, 9.17) is 24.4 Å². The minimum Gasteiger partial charge on any atom is -0.491 e. The zero-order valence-corrected chi connectivity index (χ0v) is 18.6. The smallest absolute Gasteiger partial charge is 0.119 e. The first-order valence-corrected chi connectivity index (χ1v) is 10.6. The molecular weight excluding hydrogens is 416 g/mol. The van der Waals surface area contributed by atoms with Crippen molar-refractivity contribution in [2.75, 3.05) is 39.6 Å². The van der Waals surface area contributed by atoms with Crippen LogP contribution >= 0.6 is 0 Å². The lowest BCUT2D eigenvalue weighted by Crippen LogP contribution is -2.27. The van der Waals surface area contributed by atoms with Crippen molar-refractivity contribution in [3.05, 3.63) is 59.7 Å². The summed E-state index contributed by atoms with van der Waals surface area (Å²) in [7, 11) is 0. The molecule has 8 nitrogen and oxygen atoms in total. The second kappa shape index (κ2) is 12.7. The number of hydrogen-bond donors (Lipinski definition) is 5. The Morgan fingerprint density at radius 3 is 1.44 bits per heavy atom. The normalized spacial score (nSPS) is 14.6. The third-order valence-electron chi connectivity index (χ3n) is 5.08. The van der Waals surface area contributed by atoms with E-state index in [0.29, 0.717) is 11.5 Å². The maximum atomic E-state index is 9.90. The molecule has 2 rings (SSSR count). The van der Waals surface area contributed by atoms with Crippen molar-refractivity contribution in [2.45, 2.75) is 37.6 Å². The molecule has 0 bridgehead atoms. The van der Waals surface area contributed by atoms with Gasteiger partial charge >= 0.3 is 0 Å². The van der Waals surface area contributed by atoms with E-state index in [1.54, 1.807) is 0 Å². The molecule has 0 spiro atoms. The van der Waals surface area contributed by atoms with Crippen molar-refractivity contribution in [1.29, 1.82) is 0 Å². The van der Waals surface area contributed by atoms with E-state index in [2.05, 4.69) is 13.8 Å². The summed E-state index contributed by atoms with van der Waals surface area (Å²) in [5.41, 5.74) is 1.89. The van der Waals surface area contributed by atoms with Crippen molar-refractivity contribution >= 4 is 0 Å². The molecule has 0 aliphatic rings. The average Bonchev–Trinajstić information content (AvgIpc) is 2.81. The largest absolute Gasteiger partial charge is 0.491 e. The molecule has 0 radical (unpaired) electrons. The minimum absolute atomic E-state index is 0.000838. The van der Waals surface area contributed by atoms with Gasteiger partial charge in [-0.1, -0.05) is 38.1 Å². The summed E-state index contributed by atoms with van der Waals surface area (Å²) < 4.78 is 16.2. The van der Waals surface area contributed by atoms with E-state index in [1.807, 2.05) is 48.5 Å². The zero-order valence-electron chi connectivity index (χ0n) is 18.6. The fourth-order valence-electron chi connectivity index (χ4n) is 2.98. The Labute approximate surface area is 188 Å². The zero-order chi connectivity index (χ0) is 23.6. The Morgan fingerprint density at radius 2 is 1.00 bits per heavy atom. The van der Waals surface area contributed by atoms with E-state index >= 15 is 0 Å². The second-order valence-electron chi connectivity index (χ2n) is 8.16. The fraction of sp³-hybridized carbons (Fsp3) is 0.500. The lowest BCUT2D eigenvalue weighted by atomic mass is 9.78. The van der Waals surface area contributed by atoms with Crippen molar-refractivity contribution in [3.63, 3.8) is 0 Å². The molecule has 0 fully saturated rings. The van der Waals surface area contributed by atoms with Crippen molar-refractivity contribution in [2.24, 2.45) is 0 Å². The first-order chi connectivity index (χ1) is 15.3. The van der Waals surface area contributed by atoms with E-state index in [0.717, 1.165) is 11.1 Å². The van der Waals surface area contributed by atoms with Crippen LogP contribution in [0.2, 0.25) is 0 Å². The first kappa shape index (κ1) is 26.1. The summed E-state index contributed by atoms with van der Waals surface area (Å²) in [6.07, 6.45) is -2.71. The molecule has 32 heavy (non-hydrogen) atoms. The van der Waals surface area contributed by atoms with Crippen LogP contribution in [-0.2, 0) is 10.2 Å². The Hall–Kier alpha value is -2.20. The van der Waals surface area contributed by atoms with Gasteiger partial charge in [0.2, 0.25) is 0 Å². The van der Waals surface area contributed by atoms with Gasteiger partial charge in [-0.3, -0.25) is 0 Å². The highest BCUT2D eigenvalue weighted by Gasteiger charge is 2.23. The van der Waals surface area contributed by atoms with Crippen LogP contribution in [0.25, 0.3) is 0 Å². The van der Waals surface area contributed by atoms with Gasteiger partial charge in [0.25, 0.3) is 0 Å². The quantitative estimate of drug-likeness (QED) is 0.287. The van der Waals surface area contributed by atoms with Crippen molar-refractivity contribution < 1.29 is 39.7 Å². The number of hydrogen-bond acceptors (Lipinski definition) is 8. The van der Waals surface area contributed by atoms with Crippen LogP contribution in [-0.4, -0.2) is 83.5 Å². The molecule has 8 heteroatoms. The fourth-order valence-corrected chi connectivity index (χ4v) is 2.98. The van der Waals surface area contributed by atoms with E-state index < -0.39 is 18.3 Å². The molecular formula is C24H34O8. The topological polar surface area (TPSA) is 129 Å². The van der Waals surface area contributed by atoms with E-state index in [9.17, 15) is 15.3 Å². The average molecular weight is 451 g/mol.